The molecule has 1 aromatic rings. The van der Waals surface area contributed by atoms with Crippen LogP contribution in [0, 0.1) is 12.8 Å². The summed E-state index contributed by atoms with van der Waals surface area (Å²) in [4.78, 5) is 16.9. The fourth-order valence-electron chi connectivity index (χ4n) is 2.85. The van der Waals surface area contributed by atoms with Gasteiger partial charge in [0.25, 0.3) is 5.91 Å². The molecule has 1 amide bonds. The van der Waals surface area contributed by atoms with Crippen molar-refractivity contribution in [1.82, 2.24) is 9.80 Å². The van der Waals surface area contributed by atoms with Gasteiger partial charge in [0.05, 0.1) is 25.9 Å². The summed E-state index contributed by atoms with van der Waals surface area (Å²) in [6.45, 7) is 5.52. The highest BCUT2D eigenvalue weighted by molar-refractivity contribution is 5.97. The van der Waals surface area contributed by atoms with Crippen molar-refractivity contribution in [3.05, 3.63) is 29.3 Å². The molecule has 1 aromatic carbocycles. The maximum absolute atomic E-state index is 12.9. The average Bonchev–Trinajstić information content (AvgIpc) is 2.71. The van der Waals surface area contributed by atoms with E-state index in [9.17, 15) is 4.79 Å². The Kier molecular flexibility index (Phi) is 5.80. The van der Waals surface area contributed by atoms with Crippen LogP contribution in [0.15, 0.2) is 18.2 Å². The Balaban J connectivity index is 2.18. The van der Waals surface area contributed by atoms with Gasteiger partial charge in [-0.3, -0.25) is 4.79 Å². The summed E-state index contributed by atoms with van der Waals surface area (Å²) in [5.74, 6) is 0.983. The van der Waals surface area contributed by atoms with Gasteiger partial charge in [-0.05, 0) is 33.2 Å². The molecule has 0 bridgehead atoms. The van der Waals surface area contributed by atoms with Gasteiger partial charge in [0, 0.05) is 25.6 Å². The van der Waals surface area contributed by atoms with E-state index in [1.54, 1.807) is 7.11 Å². The monoisotopic (exact) mass is 306 g/mol. The minimum absolute atomic E-state index is 0.0230. The molecule has 122 valence electrons. The molecule has 5 nitrogen and oxygen atoms in total. The van der Waals surface area contributed by atoms with Gasteiger partial charge in [-0.1, -0.05) is 11.6 Å². The Morgan fingerprint density at radius 1 is 1.45 bits per heavy atom. The van der Waals surface area contributed by atoms with Crippen molar-refractivity contribution >= 4 is 5.91 Å². The van der Waals surface area contributed by atoms with Crippen LogP contribution in [0.3, 0.4) is 0 Å². The summed E-state index contributed by atoms with van der Waals surface area (Å²) in [6, 6.07) is 5.71. The number of hydrogen-bond acceptors (Lipinski definition) is 4. The normalized spacial score (nSPS) is 19.1. The van der Waals surface area contributed by atoms with Crippen molar-refractivity contribution in [2.45, 2.75) is 6.92 Å². The zero-order chi connectivity index (χ0) is 16.1. The number of carbonyl (C=O) groups is 1. The van der Waals surface area contributed by atoms with Crippen molar-refractivity contribution in [2.75, 3.05) is 54.1 Å². The molecule has 1 aliphatic heterocycles. The molecule has 0 aromatic heterocycles. The molecular weight excluding hydrogens is 280 g/mol. The molecule has 0 radical (unpaired) electrons. The highest BCUT2D eigenvalue weighted by atomic mass is 16.5. The summed E-state index contributed by atoms with van der Waals surface area (Å²) in [6.07, 6.45) is 0. The Labute approximate surface area is 132 Å². The predicted octanol–water partition coefficient (Wildman–Crippen LogP) is 1.65. The lowest BCUT2D eigenvalue weighted by molar-refractivity contribution is 0.0731. The van der Waals surface area contributed by atoms with Crippen molar-refractivity contribution in [3.8, 4) is 5.75 Å². The topological polar surface area (TPSA) is 42.0 Å². The summed E-state index contributed by atoms with van der Waals surface area (Å²) in [5.41, 5.74) is 1.69. The summed E-state index contributed by atoms with van der Waals surface area (Å²) >= 11 is 0. The third-order valence-electron chi connectivity index (χ3n) is 3.83. The van der Waals surface area contributed by atoms with Crippen LogP contribution >= 0.6 is 0 Å². The summed E-state index contributed by atoms with van der Waals surface area (Å²) < 4.78 is 11.0. The molecule has 0 unspecified atom stereocenters. The number of methoxy groups -OCH3 is 1. The van der Waals surface area contributed by atoms with Gasteiger partial charge in [-0.25, -0.2) is 0 Å². The zero-order valence-electron chi connectivity index (χ0n) is 14.0. The van der Waals surface area contributed by atoms with Gasteiger partial charge < -0.3 is 19.3 Å². The fourth-order valence-corrected chi connectivity index (χ4v) is 2.85. The molecule has 2 rings (SSSR count). The second kappa shape index (κ2) is 7.61. The Morgan fingerprint density at radius 3 is 2.91 bits per heavy atom. The van der Waals surface area contributed by atoms with Crippen molar-refractivity contribution in [2.24, 2.45) is 5.92 Å². The largest absolute Gasteiger partial charge is 0.496 e. The van der Waals surface area contributed by atoms with Crippen LogP contribution in [0.25, 0.3) is 0 Å². The van der Waals surface area contributed by atoms with E-state index in [0.717, 1.165) is 12.1 Å². The Bertz CT molecular complexity index is 517. The van der Waals surface area contributed by atoms with E-state index in [1.807, 2.05) is 44.1 Å². The highest BCUT2D eigenvalue weighted by Crippen LogP contribution is 2.22. The quantitative estimate of drug-likeness (QED) is 0.848. The Morgan fingerprint density at radius 2 is 2.23 bits per heavy atom. The number of hydrogen-bond donors (Lipinski definition) is 0. The van der Waals surface area contributed by atoms with Crippen molar-refractivity contribution in [1.29, 1.82) is 0 Å². The molecule has 0 spiro atoms. The molecule has 1 heterocycles. The molecule has 1 aliphatic rings. The van der Waals surface area contributed by atoms with Gasteiger partial charge in [0.1, 0.15) is 5.75 Å². The number of ether oxygens (including phenoxy) is 2. The molecule has 1 fully saturated rings. The smallest absolute Gasteiger partial charge is 0.257 e. The second-order valence-corrected chi connectivity index (χ2v) is 6.16. The first-order valence-corrected chi connectivity index (χ1v) is 7.67. The summed E-state index contributed by atoms with van der Waals surface area (Å²) in [5, 5.41) is 0. The maximum atomic E-state index is 12.9. The number of amides is 1. The molecule has 0 aliphatic carbocycles. The van der Waals surface area contributed by atoms with Crippen LogP contribution in [0.5, 0.6) is 5.75 Å². The van der Waals surface area contributed by atoms with Crippen molar-refractivity contribution < 1.29 is 14.3 Å². The molecule has 22 heavy (non-hydrogen) atoms. The lowest BCUT2D eigenvalue weighted by Crippen LogP contribution is -2.38. The Hall–Kier alpha value is -1.59. The van der Waals surface area contributed by atoms with Crippen LogP contribution in [0.4, 0.5) is 0 Å². The number of benzene rings is 1. The van der Waals surface area contributed by atoms with Crippen LogP contribution in [0.2, 0.25) is 0 Å². The fraction of sp³-hybridized carbons (Fsp3) is 0.588. The predicted molar refractivity (Wildman–Crippen MR) is 86.5 cm³/mol. The van der Waals surface area contributed by atoms with Crippen LogP contribution in [-0.4, -0.2) is 69.8 Å². The SMILES string of the molecule is COc1ccc(C)cc1C(=O)N1CCOC[C@H](CN(C)C)C1. The molecule has 1 atom stereocenters. The molecule has 1 saturated heterocycles. The van der Waals surface area contributed by atoms with Gasteiger partial charge in [-0.15, -0.1) is 0 Å². The number of aryl methyl sites for hydroxylation is 1. The molecular formula is C17H26N2O3. The van der Waals surface area contributed by atoms with E-state index in [0.29, 0.717) is 43.5 Å². The first-order valence-electron chi connectivity index (χ1n) is 7.67. The number of carbonyl (C=O) groups excluding carboxylic acids is 1. The maximum Gasteiger partial charge on any atom is 0.257 e. The summed E-state index contributed by atoms with van der Waals surface area (Å²) in [7, 11) is 5.68. The first kappa shape index (κ1) is 16.8. The van der Waals surface area contributed by atoms with Crippen LogP contribution < -0.4 is 4.74 Å². The van der Waals surface area contributed by atoms with Gasteiger partial charge in [-0.2, -0.15) is 0 Å². The van der Waals surface area contributed by atoms with Crippen LogP contribution in [-0.2, 0) is 4.74 Å². The minimum atomic E-state index is 0.0230. The van der Waals surface area contributed by atoms with E-state index >= 15 is 0 Å². The zero-order valence-corrected chi connectivity index (χ0v) is 14.0. The van der Waals surface area contributed by atoms with E-state index in [4.69, 9.17) is 9.47 Å². The van der Waals surface area contributed by atoms with Crippen molar-refractivity contribution in [3.63, 3.8) is 0 Å². The van der Waals surface area contributed by atoms with Gasteiger partial charge >= 0.3 is 0 Å². The van der Waals surface area contributed by atoms with E-state index in [-0.39, 0.29) is 5.91 Å². The van der Waals surface area contributed by atoms with E-state index < -0.39 is 0 Å². The van der Waals surface area contributed by atoms with Crippen LogP contribution in [0.1, 0.15) is 15.9 Å². The van der Waals surface area contributed by atoms with Gasteiger partial charge in [0.15, 0.2) is 0 Å². The second-order valence-electron chi connectivity index (χ2n) is 6.16. The van der Waals surface area contributed by atoms with Gasteiger partial charge in [0.2, 0.25) is 0 Å². The highest BCUT2D eigenvalue weighted by Gasteiger charge is 2.25. The number of rotatable bonds is 4. The minimum Gasteiger partial charge on any atom is -0.496 e. The molecule has 0 N–H and O–H groups in total. The molecule has 5 heteroatoms. The lowest BCUT2D eigenvalue weighted by Gasteiger charge is -2.26. The lowest BCUT2D eigenvalue weighted by atomic mass is 10.1. The average molecular weight is 306 g/mol. The first-order chi connectivity index (χ1) is 10.5. The third-order valence-corrected chi connectivity index (χ3v) is 3.83. The molecule has 0 saturated carbocycles. The third kappa shape index (κ3) is 4.21. The van der Waals surface area contributed by atoms with E-state index in [1.165, 1.54) is 0 Å². The standard InChI is InChI=1S/C17H26N2O3/c1-13-5-6-16(21-4)15(9-13)17(20)19-7-8-22-12-14(11-19)10-18(2)3/h5-6,9,14H,7-8,10-12H2,1-4H3/t14-/m1/s1. The van der Waals surface area contributed by atoms with E-state index in [2.05, 4.69) is 4.90 Å². The number of nitrogens with zero attached hydrogens (tertiary/aromatic N) is 2.